The molecule has 0 radical (unpaired) electrons. The van der Waals surface area contributed by atoms with Crippen LogP contribution in [0.25, 0.3) is 0 Å². The number of hydrogen-bond donors (Lipinski definition) is 2. The van der Waals surface area contributed by atoms with Crippen LogP contribution in [0, 0.1) is 0 Å². The van der Waals surface area contributed by atoms with E-state index in [-0.39, 0.29) is 17.7 Å². The summed E-state index contributed by atoms with van der Waals surface area (Å²) in [6.45, 7) is -0.329. The molecule has 36 heavy (non-hydrogen) atoms. The minimum Gasteiger partial charge on any atom is -0.459 e. The second-order valence-corrected chi connectivity index (χ2v) is 8.08. The fourth-order valence-corrected chi connectivity index (χ4v) is 3.71. The molecule has 0 bridgehead atoms. The molecule has 0 saturated carbocycles. The molecule has 9 heteroatoms. The first kappa shape index (κ1) is 25.1. The molecule has 0 aliphatic carbocycles. The number of benzene rings is 3. The average Bonchev–Trinajstić information content (AvgIpc) is 2.92. The van der Waals surface area contributed by atoms with Gasteiger partial charge in [-0.1, -0.05) is 54.6 Å². The summed E-state index contributed by atoms with van der Waals surface area (Å²) in [6, 6.07) is 23.5. The minimum atomic E-state index is -1.70. The van der Waals surface area contributed by atoms with Gasteiger partial charge in [0.15, 0.2) is 18.5 Å². The Morgan fingerprint density at radius 2 is 1.11 bits per heavy atom. The molecule has 5 atom stereocenters. The van der Waals surface area contributed by atoms with E-state index in [2.05, 4.69) is 0 Å². The molecule has 0 spiro atoms. The molecule has 1 fully saturated rings. The molecule has 1 heterocycles. The highest BCUT2D eigenvalue weighted by Crippen LogP contribution is 2.26. The molecule has 3 aromatic rings. The predicted molar refractivity (Wildman–Crippen MR) is 127 cm³/mol. The van der Waals surface area contributed by atoms with Crippen molar-refractivity contribution < 1.29 is 38.4 Å². The van der Waals surface area contributed by atoms with Crippen LogP contribution in [0.1, 0.15) is 31.1 Å². The van der Waals surface area contributed by atoms with Crippen molar-refractivity contribution in [1.82, 2.24) is 0 Å². The number of rotatable bonds is 7. The number of carbonyl (C=O) groups is 3. The number of ether oxygens (including phenoxy) is 4. The smallest absolute Gasteiger partial charge is 0.338 e. The number of hydrogen-bond acceptors (Lipinski definition) is 9. The van der Waals surface area contributed by atoms with E-state index in [9.17, 15) is 19.5 Å². The van der Waals surface area contributed by atoms with Crippen molar-refractivity contribution >= 4 is 17.9 Å². The van der Waals surface area contributed by atoms with Crippen LogP contribution < -0.4 is 5.73 Å². The zero-order valence-electron chi connectivity index (χ0n) is 19.1. The average molecular weight is 491 g/mol. The van der Waals surface area contributed by atoms with Crippen LogP contribution in [-0.2, 0) is 18.9 Å². The Hall–Kier alpha value is -4.05. The zero-order valence-corrected chi connectivity index (χ0v) is 19.1. The lowest BCUT2D eigenvalue weighted by Gasteiger charge is -2.42. The Kier molecular flexibility index (Phi) is 8.06. The molecule has 1 saturated heterocycles. The highest BCUT2D eigenvalue weighted by Gasteiger charge is 2.49. The van der Waals surface area contributed by atoms with Crippen LogP contribution in [-0.4, -0.2) is 60.3 Å². The third kappa shape index (κ3) is 5.95. The van der Waals surface area contributed by atoms with E-state index in [1.54, 1.807) is 78.9 Å². The molecular weight excluding hydrogens is 466 g/mol. The number of carbonyl (C=O) groups excluding carboxylic acids is 3. The normalized spacial score (nSPS) is 23.3. The summed E-state index contributed by atoms with van der Waals surface area (Å²) in [5, 5.41) is 10.7. The Morgan fingerprint density at radius 1 is 0.694 bits per heavy atom. The monoisotopic (exact) mass is 491 g/mol. The Labute approximate surface area is 207 Å². The van der Waals surface area contributed by atoms with Crippen molar-refractivity contribution in [1.29, 1.82) is 0 Å². The van der Waals surface area contributed by atoms with E-state index in [1.807, 2.05) is 0 Å². The third-order valence-electron chi connectivity index (χ3n) is 5.62. The summed E-state index contributed by atoms with van der Waals surface area (Å²) in [7, 11) is 0. The van der Waals surface area contributed by atoms with Gasteiger partial charge in [0.25, 0.3) is 0 Å². The molecule has 0 amide bonds. The summed E-state index contributed by atoms with van der Waals surface area (Å²) in [5.74, 6) is -2.10. The lowest BCUT2D eigenvalue weighted by atomic mass is 9.96. The number of aliphatic hydroxyl groups excluding tert-OH is 1. The zero-order chi connectivity index (χ0) is 25.5. The third-order valence-corrected chi connectivity index (χ3v) is 5.62. The van der Waals surface area contributed by atoms with Gasteiger partial charge in [0.2, 0.25) is 0 Å². The topological polar surface area (TPSA) is 134 Å². The van der Waals surface area contributed by atoms with Gasteiger partial charge in [-0.05, 0) is 36.4 Å². The molecule has 1 aliphatic rings. The maximum Gasteiger partial charge on any atom is 0.338 e. The van der Waals surface area contributed by atoms with Gasteiger partial charge in [0, 0.05) is 0 Å². The highest BCUT2D eigenvalue weighted by atomic mass is 16.7. The van der Waals surface area contributed by atoms with Gasteiger partial charge in [-0.3, -0.25) is 0 Å². The van der Waals surface area contributed by atoms with Crippen molar-refractivity contribution in [3.63, 3.8) is 0 Å². The molecule has 3 N–H and O–H groups in total. The van der Waals surface area contributed by atoms with E-state index in [0.717, 1.165) is 0 Å². The number of esters is 3. The van der Waals surface area contributed by atoms with Gasteiger partial charge in [-0.25, -0.2) is 14.4 Å². The van der Waals surface area contributed by atoms with E-state index >= 15 is 0 Å². The SMILES string of the molecule is N[C@H]1[C@H](OC(=O)c2ccccc2)[C@@H](OC(=O)c2ccccc2)[C@@H](O)O[C@@H]1COC(=O)c1ccccc1. The molecule has 1 aliphatic heterocycles. The molecule has 186 valence electrons. The maximum absolute atomic E-state index is 12.8. The van der Waals surface area contributed by atoms with Crippen molar-refractivity contribution in [2.45, 2.75) is 30.6 Å². The van der Waals surface area contributed by atoms with Crippen LogP contribution in [0.4, 0.5) is 0 Å². The Morgan fingerprint density at radius 3 is 1.58 bits per heavy atom. The lowest BCUT2D eigenvalue weighted by molar-refractivity contribution is -0.257. The van der Waals surface area contributed by atoms with E-state index in [0.29, 0.717) is 5.56 Å². The summed E-state index contributed by atoms with van der Waals surface area (Å²) in [4.78, 5) is 37.8. The fourth-order valence-electron chi connectivity index (χ4n) is 3.71. The van der Waals surface area contributed by atoms with Crippen LogP contribution in [0.3, 0.4) is 0 Å². The number of nitrogens with two attached hydrogens (primary N) is 1. The van der Waals surface area contributed by atoms with Gasteiger partial charge in [-0.2, -0.15) is 0 Å². The van der Waals surface area contributed by atoms with Gasteiger partial charge >= 0.3 is 17.9 Å². The van der Waals surface area contributed by atoms with E-state index in [1.165, 1.54) is 12.1 Å². The molecular formula is C27H25NO8. The van der Waals surface area contributed by atoms with Gasteiger partial charge in [0.05, 0.1) is 22.7 Å². The first-order valence-electron chi connectivity index (χ1n) is 11.3. The lowest BCUT2D eigenvalue weighted by Crippen LogP contribution is -2.64. The first-order valence-corrected chi connectivity index (χ1v) is 11.3. The van der Waals surface area contributed by atoms with Crippen LogP contribution in [0.15, 0.2) is 91.0 Å². The van der Waals surface area contributed by atoms with Crippen LogP contribution in [0.5, 0.6) is 0 Å². The summed E-state index contributed by atoms with van der Waals surface area (Å²) in [6.07, 6.45) is -5.48. The summed E-state index contributed by atoms with van der Waals surface area (Å²) < 4.78 is 21.9. The minimum absolute atomic E-state index is 0.227. The van der Waals surface area contributed by atoms with Crippen molar-refractivity contribution in [2.24, 2.45) is 5.73 Å². The van der Waals surface area contributed by atoms with Crippen molar-refractivity contribution in [3.8, 4) is 0 Å². The van der Waals surface area contributed by atoms with Crippen LogP contribution >= 0.6 is 0 Å². The molecule has 0 aromatic heterocycles. The second kappa shape index (κ2) is 11.6. The quantitative estimate of drug-likeness (QED) is 0.377. The van der Waals surface area contributed by atoms with Crippen LogP contribution in [0.2, 0.25) is 0 Å². The van der Waals surface area contributed by atoms with Gasteiger partial charge in [-0.15, -0.1) is 0 Å². The van der Waals surface area contributed by atoms with Gasteiger partial charge in [0.1, 0.15) is 12.7 Å². The summed E-state index contributed by atoms with van der Waals surface area (Å²) in [5.41, 5.74) is 7.14. The number of aliphatic hydroxyl groups is 1. The van der Waals surface area contributed by atoms with Gasteiger partial charge < -0.3 is 29.8 Å². The predicted octanol–water partition coefficient (Wildman–Crippen LogP) is 2.34. The highest BCUT2D eigenvalue weighted by molar-refractivity contribution is 5.90. The van der Waals surface area contributed by atoms with Crippen molar-refractivity contribution in [2.75, 3.05) is 6.61 Å². The van der Waals surface area contributed by atoms with Crippen molar-refractivity contribution in [3.05, 3.63) is 108 Å². The maximum atomic E-state index is 12.8. The first-order chi connectivity index (χ1) is 17.4. The largest absolute Gasteiger partial charge is 0.459 e. The standard InChI is InChI=1S/C27H25NO8/c28-21-20(16-33-24(29)17-10-4-1-5-11-17)34-27(32)23(36-26(31)19-14-8-3-9-15-19)22(21)35-25(30)18-12-6-2-7-13-18/h1-15,20-23,27,32H,16,28H2/t20-,21-,22+,23-,27+/m1/s1. The molecule has 3 aromatic carbocycles. The fraction of sp³-hybridized carbons (Fsp3) is 0.222. The summed E-state index contributed by atoms with van der Waals surface area (Å²) >= 11 is 0. The molecule has 0 unspecified atom stereocenters. The van der Waals surface area contributed by atoms with E-state index in [4.69, 9.17) is 24.7 Å². The molecule has 9 nitrogen and oxygen atoms in total. The Bertz CT molecular complexity index is 1170. The molecule has 4 rings (SSSR count). The Balaban J connectivity index is 1.52. The second-order valence-electron chi connectivity index (χ2n) is 8.08. The van der Waals surface area contributed by atoms with E-state index < -0.39 is 48.6 Å².